The number of rotatable bonds is 5. The zero-order valence-corrected chi connectivity index (χ0v) is 14.4. The Hall–Kier alpha value is -1.86. The monoisotopic (exact) mass is 325 g/mol. The van der Waals surface area contributed by atoms with Crippen LogP contribution in [0.15, 0.2) is 24.3 Å². The van der Waals surface area contributed by atoms with Gasteiger partial charge >= 0.3 is 0 Å². The van der Waals surface area contributed by atoms with Crippen LogP contribution in [0.4, 0.5) is 0 Å². The number of carbonyl (C=O) groups is 1. The average molecular weight is 325 g/mol. The molecule has 1 heterocycles. The Balaban J connectivity index is 1.62. The first-order chi connectivity index (χ1) is 11.7. The van der Waals surface area contributed by atoms with Gasteiger partial charge in [0.15, 0.2) is 0 Å². The maximum atomic E-state index is 12.5. The van der Waals surface area contributed by atoms with Gasteiger partial charge in [-0.25, -0.2) is 0 Å². The van der Waals surface area contributed by atoms with Crippen LogP contribution in [0.2, 0.25) is 0 Å². The molecule has 1 saturated heterocycles. The minimum absolute atomic E-state index is 0.0877. The summed E-state index contributed by atoms with van der Waals surface area (Å²) in [5.41, 5.74) is 1.67. The van der Waals surface area contributed by atoms with Crippen molar-refractivity contribution in [2.24, 2.45) is 5.41 Å². The van der Waals surface area contributed by atoms with Crippen LogP contribution in [0, 0.1) is 16.7 Å². The van der Waals surface area contributed by atoms with Crippen molar-refractivity contribution in [3.63, 3.8) is 0 Å². The first-order valence-electron chi connectivity index (χ1n) is 9.22. The van der Waals surface area contributed by atoms with Crippen LogP contribution >= 0.6 is 0 Å². The first kappa shape index (κ1) is 17.0. The zero-order valence-electron chi connectivity index (χ0n) is 14.4. The fraction of sp³-hybridized carbons (Fsp3) is 0.600. The van der Waals surface area contributed by atoms with Gasteiger partial charge in [0, 0.05) is 13.1 Å². The molecule has 1 aliphatic carbocycles. The Morgan fingerprint density at radius 2 is 1.75 bits per heavy atom. The van der Waals surface area contributed by atoms with Gasteiger partial charge in [-0.1, -0.05) is 43.5 Å². The summed E-state index contributed by atoms with van der Waals surface area (Å²) in [7, 11) is 0. The molecule has 2 fully saturated rings. The summed E-state index contributed by atoms with van der Waals surface area (Å²) in [6.45, 7) is 3.80. The molecule has 0 bridgehead atoms. The highest BCUT2D eigenvalue weighted by Gasteiger charge is 2.41. The molecule has 0 atom stereocenters. The molecule has 1 aliphatic heterocycles. The summed E-state index contributed by atoms with van der Waals surface area (Å²) in [6.07, 6.45) is 7.26. The quantitative estimate of drug-likeness (QED) is 0.903. The molecule has 128 valence electrons. The van der Waals surface area contributed by atoms with Gasteiger partial charge in [0.05, 0.1) is 6.07 Å². The van der Waals surface area contributed by atoms with Crippen molar-refractivity contribution in [3.8, 4) is 6.07 Å². The molecular formula is C20H27N3O. The van der Waals surface area contributed by atoms with Gasteiger partial charge in [-0.2, -0.15) is 5.26 Å². The molecule has 0 radical (unpaired) electrons. The summed E-state index contributed by atoms with van der Waals surface area (Å²) in [6, 6.07) is 10.6. The van der Waals surface area contributed by atoms with Gasteiger partial charge in [-0.3, -0.25) is 9.69 Å². The highest BCUT2D eigenvalue weighted by molar-refractivity contribution is 5.85. The third kappa shape index (κ3) is 3.79. The molecule has 1 aromatic carbocycles. The number of benzene rings is 1. The number of nitrogens with one attached hydrogen (secondary N) is 1. The average Bonchev–Trinajstić information content (AvgIpc) is 3.12. The van der Waals surface area contributed by atoms with Crippen molar-refractivity contribution in [2.45, 2.75) is 58.0 Å². The summed E-state index contributed by atoms with van der Waals surface area (Å²) in [4.78, 5) is 15.0. The van der Waals surface area contributed by atoms with E-state index in [4.69, 9.17) is 0 Å². The smallest absolute Gasteiger partial charge is 0.240 e. The molecule has 0 spiro atoms. The van der Waals surface area contributed by atoms with Gasteiger partial charge in [-0.05, 0) is 49.9 Å². The molecule has 1 N–H and O–H groups in total. The van der Waals surface area contributed by atoms with Crippen LogP contribution in [0.25, 0.3) is 0 Å². The van der Waals surface area contributed by atoms with Crippen LogP contribution in [0.3, 0.4) is 0 Å². The second-order valence-corrected chi connectivity index (χ2v) is 7.19. The van der Waals surface area contributed by atoms with Gasteiger partial charge in [0.2, 0.25) is 5.91 Å². The van der Waals surface area contributed by atoms with Crippen molar-refractivity contribution < 1.29 is 4.79 Å². The molecule has 1 aromatic rings. The van der Waals surface area contributed by atoms with E-state index in [-0.39, 0.29) is 5.91 Å². The molecule has 4 heteroatoms. The van der Waals surface area contributed by atoms with E-state index in [0.29, 0.717) is 19.4 Å². The number of nitriles is 1. The van der Waals surface area contributed by atoms with Crippen molar-refractivity contribution in [1.29, 1.82) is 5.26 Å². The molecule has 4 nitrogen and oxygen atoms in total. The Kier molecular flexibility index (Phi) is 5.52. The largest absolute Gasteiger partial charge is 0.351 e. The number of piperidine rings is 1. The minimum Gasteiger partial charge on any atom is -0.351 e. The van der Waals surface area contributed by atoms with Crippen molar-refractivity contribution >= 4 is 5.91 Å². The molecule has 24 heavy (non-hydrogen) atoms. The van der Waals surface area contributed by atoms with Crippen LogP contribution in [0.1, 0.15) is 56.1 Å². The highest BCUT2D eigenvalue weighted by Crippen LogP contribution is 2.37. The van der Waals surface area contributed by atoms with Crippen molar-refractivity contribution in [2.75, 3.05) is 13.1 Å². The van der Waals surface area contributed by atoms with Crippen LogP contribution in [-0.4, -0.2) is 23.9 Å². The van der Waals surface area contributed by atoms with Gasteiger partial charge in [0.1, 0.15) is 5.41 Å². The number of likely N-dealkylation sites (tertiary alicyclic amines) is 1. The molecule has 0 unspecified atom stereocenters. The zero-order chi connectivity index (χ0) is 16.8. The van der Waals surface area contributed by atoms with Crippen LogP contribution in [0.5, 0.6) is 0 Å². The lowest BCUT2D eigenvalue weighted by molar-refractivity contribution is -0.128. The summed E-state index contributed by atoms with van der Waals surface area (Å²) < 4.78 is 0. The standard InChI is InChI=1S/C20H27N3O/c21-16-20(10-4-5-11-20)19(24)22-14-17-8-2-3-9-18(17)15-23-12-6-1-7-13-23/h2-3,8-9H,1,4-7,10-15H2,(H,22,24). The van der Waals surface area contributed by atoms with Crippen LogP contribution < -0.4 is 5.32 Å². The maximum absolute atomic E-state index is 12.5. The third-order valence-corrected chi connectivity index (χ3v) is 5.51. The first-order valence-corrected chi connectivity index (χ1v) is 9.22. The third-order valence-electron chi connectivity index (χ3n) is 5.51. The van der Waals surface area contributed by atoms with Crippen molar-refractivity contribution in [1.82, 2.24) is 10.2 Å². The molecule has 1 saturated carbocycles. The minimum atomic E-state index is -0.790. The lowest BCUT2D eigenvalue weighted by atomic mass is 9.87. The molecule has 2 aliphatic rings. The molecule has 3 rings (SSSR count). The molecule has 0 aromatic heterocycles. The highest BCUT2D eigenvalue weighted by atomic mass is 16.2. The SMILES string of the molecule is N#CC1(C(=O)NCc2ccccc2CN2CCCCC2)CCCC1. The lowest BCUT2D eigenvalue weighted by Gasteiger charge is -2.27. The summed E-state index contributed by atoms with van der Waals surface area (Å²) in [5, 5.41) is 12.5. The predicted octanol–water partition coefficient (Wildman–Crippen LogP) is 3.37. The fourth-order valence-corrected chi connectivity index (χ4v) is 3.96. The Morgan fingerprint density at radius 3 is 2.42 bits per heavy atom. The Labute approximate surface area is 144 Å². The van der Waals surface area contributed by atoms with E-state index in [1.54, 1.807) is 0 Å². The van der Waals surface area contributed by atoms with Gasteiger partial charge < -0.3 is 5.32 Å². The number of hydrogen-bond donors (Lipinski definition) is 1. The fourth-order valence-electron chi connectivity index (χ4n) is 3.96. The van der Waals surface area contributed by atoms with E-state index in [1.165, 1.54) is 30.4 Å². The number of amides is 1. The molecule has 1 amide bonds. The second-order valence-electron chi connectivity index (χ2n) is 7.19. The summed E-state index contributed by atoms with van der Waals surface area (Å²) >= 11 is 0. The van der Waals surface area contributed by atoms with E-state index < -0.39 is 5.41 Å². The lowest BCUT2D eigenvalue weighted by Crippen LogP contribution is -2.38. The Morgan fingerprint density at radius 1 is 1.08 bits per heavy atom. The normalized spacial score (nSPS) is 20.5. The van der Waals surface area contributed by atoms with Crippen LogP contribution in [-0.2, 0) is 17.9 Å². The number of nitrogens with zero attached hydrogens (tertiary/aromatic N) is 2. The van der Waals surface area contributed by atoms with Crippen molar-refractivity contribution in [3.05, 3.63) is 35.4 Å². The number of hydrogen-bond acceptors (Lipinski definition) is 3. The molecular weight excluding hydrogens is 298 g/mol. The van der Waals surface area contributed by atoms with E-state index in [1.807, 2.05) is 6.07 Å². The number of carbonyl (C=O) groups excluding carboxylic acids is 1. The topological polar surface area (TPSA) is 56.1 Å². The maximum Gasteiger partial charge on any atom is 0.240 e. The second kappa shape index (κ2) is 7.81. The Bertz CT molecular complexity index is 608. The van der Waals surface area contributed by atoms with E-state index in [2.05, 4.69) is 34.5 Å². The van der Waals surface area contributed by atoms with Gasteiger partial charge in [-0.15, -0.1) is 0 Å². The van der Waals surface area contributed by atoms with Gasteiger partial charge in [0.25, 0.3) is 0 Å². The predicted molar refractivity (Wildman–Crippen MR) is 93.9 cm³/mol. The van der Waals surface area contributed by atoms with E-state index in [9.17, 15) is 10.1 Å². The van der Waals surface area contributed by atoms with E-state index in [0.717, 1.165) is 32.5 Å². The summed E-state index contributed by atoms with van der Waals surface area (Å²) in [5.74, 6) is -0.0877. The van der Waals surface area contributed by atoms with E-state index >= 15 is 0 Å².